The van der Waals surface area contributed by atoms with Gasteiger partial charge in [-0.2, -0.15) is 10.4 Å². The van der Waals surface area contributed by atoms with E-state index < -0.39 is 5.91 Å². The second-order valence-corrected chi connectivity index (χ2v) is 6.89. The van der Waals surface area contributed by atoms with E-state index in [4.69, 9.17) is 22.1 Å². The van der Waals surface area contributed by atoms with Gasteiger partial charge in [0, 0.05) is 12.6 Å². The van der Waals surface area contributed by atoms with Crippen LogP contribution in [0.3, 0.4) is 0 Å². The smallest absolute Gasteiger partial charge is 0.271 e. The van der Waals surface area contributed by atoms with Gasteiger partial charge in [-0.05, 0) is 50.1 Å². The Labute approximate surface area is 183 Å². The molecule has 0 aliphatic heterocycles. The summed E-state index contributed by atoms with van der Waals surface area (Å²) in [6.07, 6.45) is 0.908. The molecule has 0 radical (unpaired) electrons. The number of benzene rings is 1. The second kappa shape index (κ2) is 9.91. The molecule has 0 unspecified atom stereocenters. The molecule has 0 fully saturated rings. The third kappa shape index (κ3) is 5.10. The molecule has 0 saturated heterocycles. The van der Waals surface area contributed by atoms with E-state index in [0.717, 1.165) is 0 Å². The van der Waals surface area contributed by atoms with Gasteiger partial charge in [-0.3, -0.25) is 4.79 Å². The fourth-order valence-corrected chi connectivity index (χ4v) is 3.10. The molecule has 0 aliphatic rings. The predicted octanol–water partition coefficient (Wildman–Crippen LogP) is 3.27. The number of pyridine rings is 1. The van der Waals surface area contributed by atoms with E-state index in [9.17, 15) is 14.4 Å². The summed E-state index contributed by atoms with van der Waals surface area (Å²) < 4.78 is 19.9. The van der Waals surface area contributed by atoms with E-state index in [1.807, 2.05) is 6.92 Å². The average Bonchev–Trinajstić information content (AvgIpc) is 3.08. The van der Waals surface area contributed by atoms with E-state index in [0.29, 0.717) is 43.3 Å². The van der Waals surface area contributed by atoms with Gasteiger partial charge in [0.2, 0.25) is 5.88 Å². The number of aromatic nitrogens is 3. The first kappa shape index (κ1) is 22.1. The number of nitrogen functional groups attached to an aromatic ring is 1. The van der Waals surface area contributed by atoms with Crippen molar-refractivity contribution in [3.05, 3.63) is 64.2 Å². The molecule has 3 rings (SSSR count). The second-order valence-electron chi connectivity index (χ2n) is 6.48. The van der Waals surface area contributed by atoms with Crippen LogP contribution in [-0.2, 0) is 6.42 Å². The number of nitriles is 1. The Hall–Kier alpha value is -3.64. The number of nitrogens with one attached hydrogen (secondary N) is 1. The van der Waals surface area contributed by atoms with Crippen molar-refractivity contribution in [1.82, 2.24) is 20.1 Å². The Balaban J connectivity index is 1.64. The Bertz CT molecular complexity index is 1120. The van der Waals surface area contributed by atoms with Crippen LogP contribution >= 0.6 is 11.6 Å². The molecule has 160 valence electrons. The summed E-state index contributed by atoms with van der Waals surface area (Å²) in [4.78, 5) is 16.5. The third-order valence-corrected chi connectivity index (χ3v) is 4.69. The number of carbonyl (C=O) groups is 1. The summed E-state index contributed by atoms with van der Waals surface area (Å²) in [5.41, 5.74) is 7.42. The minimum atomic E-state index is -0.427. The summed E-state index contributed by atoms with van der Waals surface area (Å²) in [5, 5.41) is 16.8. The molecular weight excluding hydrogens is 423 g/mol. The van der Waals surface area contributed by atoms with Crippen molar-refractivity contribution in [3.8, 4) is 17.6 Å². The molecule has 0 spiro atoms. The highest BCUT2D eigenvalue weighted by Gasteiger charge is 2.17. The van der Waals surface area contributed by atoms with Crippen LogP contribution in [0.4, 0.5) is 10.2 Å². The number of carbonyl (C=O) groups excluding carboxylic acids is 1. The Morgan fingerprint density at radius 3 is 2.74 bits per heavy atom. The van der Waals surface area contributed by atoms with Gasteiger partial charge < -0.3 is 15.8 Å². The molecule has 0 atom stereocenters. The normalized spacial score (nSPS) is 10.5. The zero-order chi connectivity index (χ0) is 22.4. The van der Waals surface area contributed by atoms with Gasteiger partial charge in [0.1, 0.15) is 23.3 Å². The number of hydrogen-bond acceptors (Lipinski definition) is 6. The molecule has 2 heterocycles. The first-order chi connectivity index (χ1) is 14.9. The first-order valence-electron chi connectivity index (χ1n) is 9.55. The van der Waals surface area contributed by atoms with E-state index in [2.05, 4.69) is 21.5 Å². The molecule has 1 amide bonds. The lowest BCUT2D eigenvalue weighted by atomic mass is 10.1. The number of nitrogens with zero attached hydrogens (tertiary/aromatic N) is 4. The molecule has 1 aromatic carbocycles. The van der Waals surface area contributed by atoms with Gasteiger partial charge in [-0.1, -0.05) is 11.6 Å². The highest BCUT2D eigenvalue weighted by atomic mass is 35.5. The predicted molar refractivity (Wildman–Crippen MR) is 114 cm³/mol. The van der Waals surface area contributed by atoms with Crippen molar-refractivity contribution in [1.29, 1.82) is 5.26 Å². The average molecular weight is 443 g/mol. The summed E-state index contributed by atoms with van der Waals surface area (Å²) >= 11 is 6.06. The maximum atomic E-state index is 13.2. The SMILES string of the molecule is CCOc1ccc(Cl)c(C(=O)NCCCc2nn(-c3ccc(F)cc3)c(N)c2C#N)n1. The number of nitrogens with two attached hydrogens (primary N) is 1. The molecule has 31 heavy (non-hydrogen) atoms. The van der Waals surface area contributed by atoms with Gasteiger partial charge in [0.05, 0.1) is 23.0 Å². The maximum absolute atomic E-state index is 13.2. The van der Waals surface area contributed by atoms with Crippen molar-refractivity contribution >= 4 is 23.3 Å². The lowest BCUT2D eigenvalue weighted by Gasteiger charge is -2.08. The fourth-order valence-electron chi connectivity index (χ4n) is 2.91. The van der Waals surface area contributed by atoms with Crippen LogP contribution in [0, 0.1) is 17.1 Å². The standard InChI is InChI=1S/C21H20ClFN6O2/c1-2-31-18-10-9-16(22)19(27-18)21(30)26-11-3-4-17-15(12-24)20(25)29(28-17)14-7-5-13(23)6-8-14/h5-10H,2-4,11,25H2,1H3,(H,26,30). The summed E-state index contributed by atoms with van der Waals surface area (Å²) in [6, 6.07) is 10.8. The molecule has 10 heteroatoms. The molecule has 8 nitrogen and oxygen atoms in total. The maximum Gasteiger partial charge on any atom is 0.271 e. The van der Waals surface area contributed by atoms with E-state index in [-0.39, 0.29) is 27.9 Å². The number of anilines is 1. The topological polar surface area (TPSA) is 119 Å². The Kier molecular flexibility index (Phi) is 7.05. The lowest BCUT2D eigenvalue weighted by molar-refractivity contribution is 0.0947. The molecule has 3 aromatic rings. The highest BCUT2D eigenvalue weighted by molar-refractivity contribution is 6.33. The van der Waals surface area contributed by atoms with Gasteiger partial charge in [-0.25, -0.2) is 14.1 Å². The van der Waals surface area contributed by atoms with Crippen molar-refractivity contribution in [2.75, 3.05) is 18.9 Å². The molecule has 0 saturated carbocycles. The van der Waals surface area contributed by atoms with Crippen LogP contribution in [0.5, 0.6) is 5.88 Å². The number of halogens is 2. The fraction of sp³-hybridized carbons (Fsp3) is 0.238. The largest absolute Gasteiger partial charge is 0.478 e. The number of ether oxygens (including phenoxy) is 1. The van der Waals surface area contributed by atoms with Crippen LogP contribution < -0.4 is 15.8 Å². The molecule has 0 aliphatic carbocycles. The molecule has 2 aromatic heterocycles. The number of amides is 1. The van der Waals surface area contributed by atoms with Crippen LogP contribution in [0.15, 0.2) is 36.4 Å². The summed E-state index contributed by atoms with van der Waals surface area (Å²) in [6.45, 7) is 2.55. The lowest BCUT2D eigenvalue weighted by Crippen LogP contribution is -2.26. The van der Waals surface area contributed by atoms with Gasteiger partial charge in [-0.15, -0.1) is 0 Å². The zero-order valence-electron chi connectivity index (χ0n) is 16.7. The van der Waals surface area contributed by atoms with Gasteiger partial charge in [0.15, 0.2) is 5.69 Å². The molecule has 0 bridgehead atoms. The third-order valence-electron chi connectivity index (χ3n) is 4.38. The van der Waals surface area contributed by atoms with E-state index in [1.54, 1.807) is 12.1 Å². The van der Waals surface area contributed by atoms with Gasteiger partial charge in [0.25, 0.3) is 5.91 Å². The highest BCUT2D eigenvalue weighted by Crippen LogP contribution is 2.22. The monoisotopic (exact) mass is 442 g/mol. The summed E-state index contributed by atoms with van der Waals surface area (Å²) in [5.74, 6) is -0.315. The van der Waals surface area contributed by atoms with Crippen LogP contribution in [0.25, 0.3) is 5.69 Å². The number of rotatable bonds is 8. The van der Waals surface area contributed by atoms with Gasteiger partial charge >= 0.3 is 0 Å². The minimum Gasteiger partial charge on any atom is -0.478 e. The van der Waals surface area contributed by atoms with Crippen LogP contribution in [-0.4, -0.2) is 33.8 Å². The Morgan fingerprint density at radius 2 is 2.06 bits per heavy atom. The van der Waals surface area contributed by atoms with Crippen LogP contribution in [0.1, 0.15) is 35.1 Å². The zero-order valence-corrected chi connectivity index (χ0v) is 17.5. The molecular formula is C21H20ClFN6O2. The number of hydrogen-bond donors (Lipinski definition) is 2. The van der Waals surface area contributed by atoms with E-state index >= 15 is 0 Å². The quantitative estimate of drug-likeness (QED) is 0.517. The summed E-state index contributed by atoms with van der Waals surface area (Å²) in [7, 11) is 0. The molecule has 3 N–H and O–H groups in total. The Morgan fingerprint density at radius 1 is 1.32 bits per heavy atom. The first-order valence-corrected chi connectivity index (χ1v) is 9.93. The minimum absolute atomic E-state index is 0.0789. The van der Waals surface area contributed by atoms with Crippen molar-refractivity contribution in [3.63, 3.8) is 0 Å². The van der Waals surface area contributed by atoms with Crippen LogP contribution in [0.2, 0.25) is 5.02 Å². The van der Waals surface area contributed by atoms with Crippen molar-refractivity contribution in [2.24, 2.45) is 0 Å². The van der Waals surface area contributed by atoms with E-state index in [1.165, 1.54) is 28.9 Å². The van der Waals surface area contributed by atoms with Crippen molar-refractivity contribution < 1.29 is 13.9 Å². The van der Waals surface area contributed by atoms with Crippen molar-refractivity contribution in [2.45, 2.75) is 19.8 Å². The number of aryl methyl sites for hydroxylation is 1.